The number of anilines is 2. The molecule has 0 aliphatic carbocycles. The molecule has 0 saturated heterocycles. The number of rotatable bonds is 3. The molecule has 0 saturated carbocycles. The zero-order valence-corrected chi connectivity index (χ0v) is 11.4. The van der Waals surface area contributed by atoms with Gasteiger partial charge in [-0.2, -0.15) is 0 Å². The van der Waals surface area contributed by atoms with E-state index in [0.717, 1.165) is 6.07 Å². The van der Waals surface area contributed by atoms with Crippen LogP contribution >= 0.6 is 0 Å². The van der Waals surface area contributed by atoms with Gasteiger partial charge in [0.25, 0.3) is 0 Å². The minimum Gasteiger partial charge on any atom is -0.508 e. The van der Waals surface area contributed by atoms with Gasteiger partial charge in [-0.1, -0.05) is 18.2 Å². The van der Waals surface area contributed by atoms with Crippen molar-refractivity contribution in [2.75, 3.05) is 5.32 Å². The van der Waals surface area contributed by atoms with Crippen molar-refractivity contribution in [1.82, 2.24) is 4.98 Å². The van der Waals surface area contributed by atoms with Crippen LogP contribution in [0, 0.1) is 11.6 Å². The van der Waals surface area contributed by atoms with Crippen molar-refractivity contribution in [1.29, 1.82) is 0 Å². The Morgan fingerprint density at radius 2 is 1.77 bits per heavy atom. The zero-order valence-electron chi connectivity index (χ0n) is 11.4. The van der Waals surface area contributed by atoms with Crippen LogP contribution in [0.1, 0.15) is 0 Å². The lowest BCUT2D eigenvalue weighted by molar-refractivity contribution is 0.475. The summed E-state index contributed by atoms with van der Waals surface area (Å²) in [5.74, 6) is -1.10. The highest BCUT2D eigenvalue weighted by Crippen LogP contribution is 2.25. The second kappa shape index (κ2) is 5.81. The number of aromatic hydroxyl groups is 1. The number of halogens is 2. The van der Waals surface area contributed by atoms with E-state index in [1.165, 1.54) is 18.3 Å². The third kappa shape index (κ3) is 2.88. The highest BCUT2D eigenvalue weighted by molar-refractivity contribution is 5.66. The number of pyridine rings is 1. The van der Waals surface area contributed by atoms with Crippen molar-refractivity contribution in [3.8, 4) is 16.9 Å². The molecule has 0 fully saturated rings. The number of benzene rings is 2. The first-order valence-electron chi connectivity index (χ1n) is 6.60. The number of phenols is 1. The van der Waals surface area contributed by atoms with Crippen LogP contribution < -0.4 is 5.32 Å². The quantitative estimate of drug-likeness (QED) is 0.749. The van der Waals surface area contributed by atoms with E-state index in [4.69, 9.17) is 0 Å². The lowest BCUT2D eigenvalue weighted by Gasteiger charge is -2.08. The Kier molecular flexibility index (Phi) is 3.70. The Labute approximate surface area is 125 Å². The first-order valence-corrected chi connectivity index (χ1v) is 6.60. The predicted octanol–water partition coefficient (Wildman–Crippen LogP) is 4.48. The molecule has 3 rings (SSSR count). The van der Waals surface area contributed by atoms with Crippen LogP contribution in [0.3, 0.4) is 0 Å². The molecule has 0 atom stereocenters. The maximum Gasteiger partial charge on any atom is 0.166 e. The molecule has 1 aromatic heterocycles. The van der Waals surface area contributed by atoms with Gasteiger partial charge in [0.1, 0.15) is 11.6 Å². The molecule has 0 unspecified atom stereocenters. The number of nitrogens with zero attached hydrogens (tertiary/aromatic N) is 1. The van der Waals surface area contributed by atoms with Crippen LogP contribution in [-0.2, 0) is 0 Å². The summed E-state index contributed by atoms with van der Waals surface area (Å²) in [4.78, 5) is 4.17. The lowest BCUT2D eigenvalue weighted by atomic mass is 10.1. The van der Waals surface area contributed by atoms with Crippen LogP contribution in [0.15, 0.2) is 60.8 Å². The summed E-state index contributed by atoms with van der Waals surface area (Å²) in [7, 11) is 0. The average molecular weight is 298 g/mol. The Balaban J connectivity index is 1.85. The fraction of sp³-hybridized carbons (Fsp3) is 0. The van der Waals surface area contributed by atoms with Gasteiger partial charge in [0.05, 0.1) is 0 Å². The summed E-state index contributed by atoms with van der Waals surface area (Å²) in [6.45, 7) is 0. The van der Waals surface area contributed by atoms with Gasteiger partial charge >= 0.3 is 0 Å². The van der Waals surface area contributed by atoms with E-state index >= 15 is 0 Å². The van der Waals surface area contributed by atoms with Gasteiger partial charge < -0.3 is 10.4 Å². The molecule has 3 nitrogen and oxygen atoms in total. The topological polar surface area (TPSA) is 45.1 Å². The van der Waals surface area contributed by atoms with Crippen LogP contribution in [-0.4, -0.2) is 10.1 Å². The molecule has 2 aromatic carbocycles. The van der Waals surface area contributed by atoms with Gasteiger partial charge in [0.2, 0.25) is 0 Å². The van der Waals surface area contributed by atoms with Crippen molar-refractivity contribution in [2.45, 2.75) is 0 Å². The highest BCUT2D eigenvalue weighted by atomic mass is 19.2. The third-order valence-corrected chi connectivity index (χ3v) is 3.14. The van der Waals surface area contributed by atoms with Gasteiger partial charge in [-0.15, -0.1) is 0 Å². The van der Waals surface area contributed by atoms with Gasteiger partial charge in [0, 0.05) is 29.1 Å². The molecule has 0 aliphatic heterocycles. The van der Waals surface area contributed by atoms with E-state index in [9.17, 15) is 13.9 Å². The minimum absolute atomic E-state index is 0.142. The molecule has 0 radical (unpaired) electrons. The van der Waals surface area contributed by atoms with Gasteiger partial charge in [-0.25, -0.2) is 13.8 Å². The summed E-state index contributed by atoms with van der Waals surface area (Å²) in [5.41, 5.74) is 1.33. The van der Waals surface area contributed by atoms with Crippen molar-refractivity contribution in [3.63, 3.8) is 0 Å². The summed E-state index contributed by atoms with van der Waals surface area (Å²) in [5, 5.41) is 12.4. The second-order valence-electron chi connectivity index (χ2n) is 4.71. The first kappa shape index (κ1) is 14.0. The van der Waals surface area contributed by atoms with Crippen LogP contribution in [0.25, 0.3) is 11.1 Å². The average Bonchev–Trinajstić information content (AvgIpc) is 2.51. The van der Waals surface area contributed by atoms with Crippen molar-refractivity contribution >= 4 is 11.5 Å². The van der Waals surface area contributed by atoms with Crippen LogP contribution in [0.4, 0.5) is 20.3 Å². The Bertz CT molecular complexity index is 804. The molecular weight excluding hydrogens is 286 g/mol. The van der Waals surface area contributed by atoms with Crippen molar-refractivity contribution in [2.24, 2.45) is 0 Å². The molecule has 110 valence electrons. The molecule has 5 heteroatoms. The standard InChI is InChI=1S/C17H12F2N2O/c18-15-6-2-5-14(17(15)19)11-7-8-16(20-10-11)21-12-3-1-4-13(22)9-12/h1-10,22H,(H,20,21). The number of hydrogen-bond acceptors (Lipinski definition) is 3. The maximum atomic E-state index is 13.7. The molecule has 3 aromatic rings. The summed E-state index contributed by atoms with van der Waals surface area (Å²) in [6, 6.07) is 13.9. The molecular formula is C17H12F2N2O. The first-order chi connectivity index (χ1) is 10.6. The largest absolute Gasteiger partial charge is 0.508 e. The molecule has 0 spiro atoms. The molecule has 1 heterocycles. The van der Waals surface area contributed by atoms with Gasteiger partial charge in [-0.05, 0) is 30.3 Å². The van der Waals surface area contributed by atoms with Crippen LogP contribution in [0.2, 0.25) is 0 Å². The molecule has 0 amide bonds. The summed E-state index contributed by atoms with van der Waals surface area (Å²) < 4.78 is 27.0. The third-order valence-electron chi connectivity index (χ3n) is 3.14. The maximum absolute atomic E-state index is 13.7. The Morgan fingerprint density at radius 3 is 2.50 bits per heavy atom. The number of phenolic OH excluding ortho intramolecular Hbond substituents is 1. The summed E-state index contributed by atoms with van der Waals surface area (Å²) in [6.07, 6.45) is 1.46. The van der Waals surface area contributed by atoms with Gasteiger partial charge in [-0.3, -0.25) is 0 Å². The molecule has 2 N–H and O–H groups in total. The van der Waals surface area contributed by atoms with E-state index in [2.05, 4.69) is 10.3 Å². The van der Waals surface area contributed by atoms with Crippen LogP contribution in [0.5, 0.6) is 5.75 Å². The van der Waals surface area contributed by atoms with Gasteiger partial charge in [0.15, 0.2) is 11.6 Å². The normalized spacial score (nSPS) is 10.5. The van der Waals surface area contributed by atoms with E-state index in [-0.39, 0.29) is 11.3 Å². The Morgan fingerprint density at radius 1 is 0.955 bits per heavy atom. The monoisotopic (exact) mass is 298 g/mol. The smallest absolute Gasteiger partial charge is 0.166 e. The number of aromatic nitrogens is 1. The van der Waals surface area contributed by atoms with Crippen molar-refractivity contribution < 1.29 is 13.9 Å². The fourth-order valence-electron chi connectivity index (χ4n) is 2.09. The second-order valence-corrected chi connectivity index (χ2v) is 4.71. The van der Waals surface area contributed by atoms with E-state index in [1.54, 1.807) is 36.4 Å². The summed E-state index contributed by atoms with van der Waals surface area (Å²) >= 11 is 0. The molecule has 0 bridgehead atoms. The van der Waals surface area contributed by atoms with E-state index < -0.39 is 11.6 Å². The fourth-order valence-corrected chi connectivity index (χ4v) is 2.09. The van der Waals surface area contributed by atoms with Crippen molar-refractivity contribution in [3.05, 3.63) is 72.4 Å². The molecule has 22 heavy (non-hydrogen) atoms. The Hall–Kier alpha value is -2.95. The SMILES string of the molecule is Oc1cccc(Nc2ccc(-c3cccc(F)c3F)cn2)c1. The molecule has 0 aliphatic rings. The van der Waals surface area contributed by atoms with E-state index in [1.807, 2.05) is 0 Å². The highest BCUT2D eigenvalue weighted by Gasteiger charge is 2.09. The number of nitrogens with one attached hydrogen (secondary N) is 1. The predicted molar refractivity (Wildman–Crippen MR) is 81.0 cm³/mol. The number of hydrogen-bond donors (Lipinski definition) is 2. The zero-order chi connectivity index (χ0) is 15.5. The minimum atomic E-state index is -0.891. The lowest BCUT2D eigenvalue weighted by Crippen LogP contribution is -1.94. The van der Waals surface area contributed by atoms with E-state index in [0.29, 0.717) is 17.1 Å².